The Balaban J connectivity index is 2.32. The maximum Gasteiger partial charge on any atom is 0.573 e. The molecule has 0 radical (unpaired) electrons. The zero-order chi connectivity index (χ0) is 21.1. The Morgan fingerprint density at radius 3 is 2.36 bits per heavy atom. The lowest BCUT2D eigenvalue weighted by molar-refractivity contribution is -0.274. The molecule has 0 bridgehead atoms. The highest BCUT2D eigenvalue weighted by atomic mass is 19.4. The van der Waals surface area contributed by atoms with Crippen molar-refractivity contribution in [2.75, 3.05) is 13.2 Å². The quantitative estimate of drug-likeness (QED) is 0.780. The van der Waals surface area contributed by atoms with Crippen molar-refractivity contribution in [2.45, 2.75) is 39.5 Å². The van der Waals surface area contributed by atoms with Crippen molar-refractivity contribution in [3.8, 4) is 11.4 Å². The molecule has 1 unspecified atom stereocenters. The molecule has 9 heteroatoms. The molecule has 154 valence electrons. The number of amides is 1. The molecule has 1 aromatic heterocycles. The van der Waals surface area contributed by atoms with Gasteiger partial charge in [-0.25, -0.2) is 4.68 Å². The van der Waals surface area contributed by atoms with E-state index in [0.717, 1.165) is 5.69 Å². The summed E-state index contributed by atoms with van der Waals surface area (Å²) in [5, 5.41) is 16.1. The van der Waals surface area contributed by atoms with Gasteiger partial charge in [0.25, 0.3) is 5.91 Å². The first-order valence-corrected chi connectivity index (χ1v) is 8.76. The van der Waals surface area contributed by atoms with Crippen LogP contribution in [0, 0.1) is 5.92 Å². The number of nitrogens with zero attached hydrogens (tertiary/aromatic N) is 2. The van der Waals surface area contributed by atoms with Crippen LogP contribution in [0.2, 0.25) is 0 Å². The van der Waals surface area contributed by atoms with Crippen LogP contribution in [-0.4, -0.2) is 40.3 Å². The van der Waals surface area contributed by atoms with Crippen LogP contribution in [0.25, 0.3) is 5.69 Å². The summed E-state index contributed by atoms with van der Waals surface area (Å²) < 4.78 is 42.4. The van der Waals surface area contributed by atoms with Crippen LogP contribution in [0.1, 0.15) is 43.9 Å². The number of ether oxygens (including phenoxy) is 1. The summed E-state index contributed by atoms with van der Waals surface area (Å²) >= 11 is 0. The van der Waals surface area contributed by atoms with E-state index in [-0.39, 0.29) is 35.3 Å². The number of aliphatic hydroxyl groups is 1. The minimum atomic E-state index is -4.76. The highest BCUT2D eigenvalue weighted by molar-refractivity contribution is 5.92. The molecule has 2 N–H and O–H groups in total. The minimum absolute atomic E-state index is 0.0473. The van der Waals surface area contributed by atoms with E-state index in [1.54, 1.807) is 13.0 Å². The summed E-state index contributed by atoms with van der Waals surface area (Å²) in [4.78, 5) is 12.4. The molecule has 1 aromatic carbocycles. The predicted molar refractivity (Wildman–Crippen MR) is 97.5 cm³/mol. The van der Waals surface area contributed by atoms with Crippen LogP contribution >= 0.6 is 0 Å². The van der Waals surface area contributed by atoms with E-state index in [1.807, 2.05) is 20.8 Å². The maximum atomic E-state index is 12.4. The zero-order valence-corrected chi connectivity index (χ0v) is 16.2. The number of aromatic nitrogens is 2. The molecule has 0 fully saturated rings. The molecule has 0 saturated carbocycles. The van der Waals surface area contributed by atoms with Crippen LogP contribution in [0.4, 0.5) is 13.2 Å². The molecule has 2 aromatic rings. The monoisotopic (exact) mass is 399 g/mol. The highest BCUT2D eigenvalue weighted by Crippen LogP contribution is 2.28. The van der Waals surface area contributed by atoms with Gasteiger partial charge in [0.05, 0.1) is 11.4 Å². The van der Waals surface area contributed by atoms with Gasteiger partial charge in [0.1, 0.15) is 5.75 Å². The Morgan fingerprint density at radius 2 is 1.86 bits per heavy atom. The van der Waals surface area contributed by atoms with Crippen molar-refractivity contribution in [1.82, 2.24) is 15.1 Å². The minimum Gasteiger partial charge on any atom is -0.406 e. The van der Waals surface area contributed by atoms with E-state index in [2.05, 4.69) is 15.2 Å². The number of aliphatic hydroxyl groups excluding tert-OH is 1. The second-order valence-electron chi connectivity index (χ2n) is 7.62. The van der Waals surface area contributed by atoms with Crippen molar-refractivity contribution in [3.05, 3.63) is 41.7 Å². The summed E-state index contributed by atoms with van der Waals surface area (Å²) in [5.74, 6) is -0.812. The fraction of sp³-hybridized carbons (Fsp3) is 0.474. The molecule has 0 saturated heterocycles. The van der Waals surface area contributed by atoms with Crippen molar-refractivity contribution in [1.29, 1.82) is 0 Å². The molecule has 0 aliphatic carbocycles. The number of nitrogens with one attached hydrogen (secondary N) is 1. The number of rotatable bonds is 6. The van der Waals surface area contributed by atoms with Crippen molar-refractivity contribution < 1.29 is 27.8 Å². The van der Waals surface area contributed by atoms with E-state index in [0.29, 0.717) is 12.2 Å². The molecule has 0 aliphatic heterocycles. The van der Waals surface area contributed by atoms with Gasteiger partial charge >= 0.3 is 6.36 Å². The maximum absolute atomic E-state index is 12.4. The molecule has 1 heterocycles. The fourth-order valence-corrected chi connectivity index (χ4v) is 2.43. The van der Waals surface area contributed by atoms with Crippen molar-refractivity contribution >= 4 is 5.91 Å². The molecule has 28 heavy (non-hydrogen) atoms. The van der Waals surface area contributed by atoms with Gasteiger partial charge in [-0.15, -0.1) is 13.2 Å². The number of carbonyl (C=O) groups is 1. The molecule has 1 amide bonds. The number of hydrogen-bond acceptors (Lipinski definition) is 4. The van der Waals surface area contributed by atoms with Crippen molar-refractivity contribution in [3.63, 3.8) is 0 Å². The van der Waals surface area contributed by atoms with Crippen LogP contribution < -0.4 is 10.1 Å². The first-order chi connectivity index (χ1) is 12.9. The summed E-state index contributed by atoms with van der Waals surface area (Å²) in [6.07, 6.45) is -4.76. The molecule has 1 atom stereocenters. The highest BCUT2D eigenvalue weighted by Gasteiger charge is 2.31. The summed E-state index contributed by atoms with van der Waals surface area (Å²) in [6.45, 7) is 7.88. The largest absolute Gasteiger partial charge is 0.573 e. The normalized spacial score (nSPS) is 13.3. The molecular formula is C19H24F3N3O3. The molecule has 0 aliphatic rings. The van der Waals surface area contributed by atoms with Crippen LogP contribution in [0.5, 0.6) is 5.75 Å². The smallest absolute Gasteiger partial charge is 0.406 e. The van der Waals surface area contributed by atoms with Gasteiger partial charge in [-0.2, -0.15) is 5.10 Å². The number of benzene rings is 1. The Labute approximate surface area is 161 Å². The van der Waals surface area contributed by atoms with E-state index in [4.69, 9.17) is 5.11 Å². The topological polar surface area (TPSA) is 76.4 Å². The Kier molecular flexibility index (Phi) is 6.38. The molecule has 0 spiro atoms. The number of hydrogen-bond donors (Lipinski definition) is 2. The van der Waals surface area contributed by atoms with E-state index in [9.17, 15) is 18.0 Å². The van der Waals surface area contributed by atoms with Gasteiger partial charge in [0, 0.05) is 18.6 Å². The molecular weight excluding hydrogens is 375 g/mol. The van der Waals surface area contributed by atoms with E-state index in [1.165, 1.54) is 28.9 Å². The first-order valence-electron chi connectivity index (χ1n) is 8.76. The van der Waals surface area contributed by atoms with Crippen LogP contribution in [-0.2, 0) is 5.41 Å². The number of alkyl halides is 3. The lowest BCUT2D eigenvalue weighted by atomic mass is 9.91. The summed E-state index contributed by atoms with van der Waals surface area (Å²) in [6, 6.07) is 6.93. The molecule has 2 rings (SSSR count). The van der Waals surface area contributed by atoms with Gasteiger partial charge in [-0.3, -0.25) is 4.79 Å². The van der Waals surface area contributed by atoms with Gasteiger partial charge in [-0.1, -0.05) is 27.7 Å². The predicted octanol–water partition coefficient (Wildman–Crippen LogP) is 3.43. The first kappa shape index (κ1) is 21.7. The average molecular weight is 399 g/mol. The van der Waals surface area contributed by atoms with Gasteiger partial charge < -0.3 is 15.2 Å². The third kappa shape index (κ3) is 5.72. The van der Waals surface area contributed by atoms with Crippen molar-refractivity contribution in [2.24, 2.45) is 5.92 Å². The average Bonchev–Trinajstić information content (AvgIpc) is 3.04. The molecule has 6 nitrogen and oxygen atoms in total. The van der Waals surface area contributed by atoms with E-state index < -0.39 is 6.36 Å². The van der Waals surface area contributed by atoms with Crippen LogP contribution in [0.15, 0.2) is 30.3 Å². The lowest BCUT2D eigenvalue weighted by Crippen LogP contribution is -2.29. The Hall–Kier alpha value is -2.55. The standard InChI is InChI=1S/C19H24F3N3O3/c1-12(11-26)10-23-17(27)15-9-16(18(2,3)4)25(24-15)13-5-7-14(8-6-13)28-19(20,21)22/h5-9,12,26H,10-11H2,1-4H3,(H,23,27). The van der Waals surface area contributed by atoms with Crippen LogP contribution in [0.3, 0.4) is 0 Å². The number of carbonyl (C=O) groups excluding carboxylic acids is 1. The van der Waals surface area contributed by atoms with Gasteiger partial charge in [-0.05, 0) is 36.2 Å². The van der Waals surface area contributed by atoms with Gasteiger partial charge in [0.15, 0.2) is 5.69 Å². The second-order valence-corrected chi connectivity index (χ2v) is 7.62. The second kappa shape index (κ2) is 8.22. The van der Waals surface area contributed by atoms with Gasteiger partial charge in [0.2, 0.25) is 0 Å². The summed E-state index contributed by atoms with van der Waals surface area (Å²) in [5.41, 5.74) is 1.04. The third-order valence-electron chi connectivity index (χ3n) is 3.95. The Bertz CT molecular complexity index is 809. The summed E-state index contributed by atoms with van der Waals surface area (Å²) in [7, 11) is 0. The van der Waals surface area contributed by atoms with E-state index >= 15 is 0 Å². The SMILES string of the molecule is CC(CO)CNC(=O)c1cc(C(C)(C)C)n(-c2ccc(OC(F)(F)F)cc2)n1. The Morgan fingerprint density at radius 1 is 1.25 bits per heavy atom. The zero-order valence-electron chi connectivity index (χ0n) is 16.2. The number of halogens is 3. The third-order valence-corrected chi connectivity index (χ3v) is 3.95. The lowest BCUT2D eigenvalue weighted by Gasteiger charge is -2.20. The fourth-order valence-electron chi connectivity index (χ4n) is 2.43.